The van der Waals surface area contributed by atoms with Gasteiger partial charge in [0, 0.05) is 44.1 Å². The quantitative estimate of drug-likeness (QED) is 0.891. The summed E-state index contributed by atoms with van der Waals surface area (Å²) in [4.78, 5) is 29.5. The van der Waals surface area contributed by atoms with Gasteiger partial charge in [-0.3, -0.25) is 9.59 Å². The van der Waals surface area contributed by atoms with Crippen LogP contribution in [0.3, 0.4) is 0 Å². The molecule has 2 amide bonds. The monoisotopic (exact) mass is 373 g/mol. The van der Waals surface area contributed by atoms with Gasteiger partial charge in [-0.2, -0.15) is 0 Å². The van der Waals surface area contributed by atoms with E-state index in [0.29, 0.717) is 29.5 Å². The lowest BCUT2D eigenvalue weighted by molar-refractivity contribution is -0.114. The number of aromatic nitrogens is 1. The number of halogens is 1. The van der Waals surface area contributed by atoms with Crippen LogP contribution >= 0.6 is 11.6 Å². The van der Waals surface area contributed by atoms with Crippen LogP contribution in [0.4, 0.5) is 5.82 Å². The number of likely N-dealkylation sites (tertiary alicyclic amines) is 1. The number of benzene rings is 1. The standard InChI is InChI=1S/C19H20ClN3O3/c1-13(24)22-18-7-2-14(12-21-18)19(25)23-10-8-17(9-11-23)26-16-5-3-15(20)4-6-16/h2-7,12,17H,8-11H2,1H3,(H,21,22,24). The summed E-state index contributed by atoms with van der Waals surface area (Å²) in [5.74, 6) is 0.970. The summed E-state index contributed by atoms with van der Waals surface area (Å²) in [5.41, 5.74) is 0.510. The summed E-state index contributed by atoms with van der Waals surface area (Å²) in [6.07, 6.45) is 3.11. The zero-order chi connectivity index (χ0) is 18.5. The molecule has 1 aliphatic rings. The van der Waals surface area contributed by atoms with E-state index in [9.17, 15) is 9.59 Å². The Morgan fingerprint density at radius 3 is 2.42 bits per heavy atom. The van der Waals surface area contributed by atoms with Gasteiger partial charge in [0.15, 0.2) is 0 Å². The SMILES string of the molecule is CC(=O)Nc1ccc(C(=O)N2CCC(Oc3ccc(Cl)cc3)CC2)cn1. The molecule has 2 heterocycles. The first-order valence-electron chi connectivity index (χ1n) is 8.46. The van der Waals surface area contributed by atoms with Crippen molar-refractivity contribution in [1.29, 1.82) is 0 Å². The van der Waals surface area contributed by atoms with Gasteiger partial charge in [0.1, 0.15) is 17.7 Å². The fourth-order valence-electron chi connectivity index (χ4n) is 2.84. The Hall–Kier alpha value is -2.60. The van der Waals surface area contributed by atoms with Gasteiger partial charge in [0.2, 0.25) is 5.91 Å². The van der Waals surface area contributed by atoms with Crippen LogP contribution in [0.2, 0.25) is 5.02 Å². The second-order valence-corrected chi connectivity index (χ2v) is 6.61. The van der Waals surface area contributed by atoms with Gasteiger partial charge in [0.05, 0.1) is 5.56 Å². The number of amides is 2. The summed E-state index contributed by atoms with van der Waals surface area (Å²) in [5, 5.41) is 3.26. The van der Waals surface area contributed by atoms with Gasteiger partial charge in [-0.15, -0.1) is 0 Å². The molecular formula is C19H20ClN3O3. The fourth-order valence-corrected chi connectivity index (χ4v) is 2.97. The van der Waals surface area contributed by atoms with Crippen LogP contribution in [0.25, 0.3) is 0 Å². The molecule has 0 saturated carbocycles. The second-order valence-electron chi connectivity index (χ2n) is 6.18. The minimum Gasteiger partial charge on any atom is -0.490 e. The van der Waals surface area contributed by atoms with Crippen molar-refractivity contribution in [3.63, 3.8) is 0 Å². The predicted octanol–water partition coefficient (Wildman–Crippen LogP) is 3.38. The Morgan fingerprint density at radius 1 is 1.15 bits per heavy atom. The summed E-state index contributed by atoms with van der Waals surface area (Å²) < 4.78 is 5.95. The van der Waals surface area contributed by atoms with Gasteiger partial charge in [-0.05, 0) is 36.4 Å². The molecule has 7 heteroatoms. The third-order valence-corrected chi connectivity index (χ3v) is 4.41. The maximum absolute atomic E-state index is 12.6. The summed E-state index contributed by atoms with van der Waals surface area (Å²) in [6.45, 7) is 2.67. The van der Waals surface area contributed by atoms with Crippen molar-refractivity contribution in [3.05, 3.63) is 53.2 Å². The Labute approximate surface area is 157 Å². The van der Waals surface area contributed by atoms with E-state index in [1.807, 2.05) is 12.1 Å². The van der Waals surface area contributed by atoms with Crippen LogP contribution in [-0.2, 0) is 4.79 Å². The van der Waals surface area contributed by atoms with Gasteiger partial charge in [-0.25, -0.2) is 4.98 Å². The molecule has 3 rings (SSSR count). The fraction of sp³-hybridized carbons (Fsp3) is 0.316. The molecule has 1 saturated heterocycles. The lowest BCUT2D eigenvalue weighted by atomic mass is 10.1. The lowest BCUT2D eigenvalue weighted by Gasteiger charge is -2.32. The summed E-state index contributed by atoms with van der Waals surface area (Å²) in [7, 11) is 0. The smallest absolute Gasteiger partial charge is 0.255 e. The molecule has 0 unspecified atom stereocenters. The van der Waals surface area contributed by atoms with Crippen molar-refractivity contribution in [3.8, 4) is 5.75 Å². The first-order valence-corrected chi connectivity index (χ1v) is 8.84. The number of pyridine rings is 1. The van der Waals surface area contributed by atoms with Gasteiger partial charge in [-0.1, -0.05) is 11.6 Å². The largest absolute Gasteiger partial charge is 0.490 e. The van der Waals surface area contributed by atoms with E-state index in [4.69, 9.17) is 16.3 Å². The minimum absolute atomic E-state index is 0.0585. The van der Waals surface area contributed by atoms with Crippen LogP contribution in [0, 0.1) is 0 Å². The highest BCUT2D eigenvalue weighted by Gasteiger charge is 2.25. The molecule has 0 aliphatic carbocycles. The van der Waals surface area contributed by atoms with Crippen LogP contribution in [0.1, 0.15) is 30.1 Å². The van der Waals surface area contributed by atoms with Crippen LogP contribution in [-0.4, -0.2) is 40.9 Å². The number of nitrogens with one attached hydrogen (secondary N) is 1. The number of ether oxygens (including phenoxy) is 1. The third kappa shape index (κ3) is 4.73. The van der Waals surface area contributed by atoms with E-state index in [-0.39, 0.29) is 17.9 Å². The molecule has 26 heavy (non-hydrogen) atoms. The molecule has 0 radical (unpaired) electrons. The van der Waals surface area contributed by atoms with Gasteiger partial charge in [0.25, 0.3) is 5.91 Å². The molecular weight excluding hydrogens is 354 g/mol. The van der Waals surface area contributed by atoms with Gasteiger partial charge >= 0.3 is 0 Å². The molecule has 1 N–H and O–H groups in total. The van der Waals surface area contributed by atoms with E-state index >= 15 is 0 Å². The maximum atomic E-state index is 12.6. The molecule has 2 aromatic rings. The number of piperidine rings is 1. The number of carbonyl (C=O) groups excluding carboxylic acids is 2. The molecule has 136 valence electrons. The van der Waals surface area contributed by atoms with E-state index < -0.39 is 0 Å². The highest BCUT2D eigenvalue weighted by atomic mass is 35.5. The Balaban J connectivity index is 1.53. The molecule has 1 fully saturated rings. The summed E-state index contributed by atoms with van der Waals surface area (Å²) >= 11 is 5.88. The number of hydrogen-bond donors (Lipinski definition) is 1. The topological polar surface area (TPSA) is 71.5 Å². The third-order valence-electron chi connectivity index (χ3n) is 4.16. The van der Waals surface area contributed by atoms with E-state index in [1.54, 1.807) is 29.2 Å². The zero-order valence-electron chi connectivity index (χ0n) is 14.4. The molecule has 6 nitrogen and oxygen atoms in total. The number of carbonyl (C=O) groups is 2. The molecule has 1 aliphatic heterocycles. The maximum Gasteiger partial charge on any atom is 0.255 e. The van der Waals surface area contributed by atoms with Crippen molar-refractivity contribution in [2.45, 2.75) is 25.9 Å². The number of nitrogens with zero attached hydrogens (tertiary/aromatic N) is 2. The minimum atomic E-state index is -0.195. The average molecular weight is 374 g/mol. The predicted molar refractivity (Wildman–Crippen MR) is 99.5 cm³/mol. The first kappa shape index (κ1) is 18.2. The molecule has 1 aromatic heterocycles. The zero-order valence-corrected chi connectivity index (χ0v) is 15.2. The molecule has 0 atom stereocenters. The normalized spacial score (nSPS) is 14.8. The Bertz CT molecular complexity index is 770. The van der Waals surface area contributed by atoms with Gasteiger partial charge < -0.3 is 15.0 Å². The van der Waals surface area contributed by atoms with E-state index in [0.717, 1.165) is 18.6 Å². The van der Waals surface area contributed by atoms with E-state index in [1.165, 1.54) is 13.1 Å². The van der Waals surface area contributed by atoms with E-state index in [2.05, 4.69) is 10.3 Å². The highest BCUT2D eigenvalue weighted by Crippen LogP contribution is 2.22. The second kappa shape index (κ2) is 8.19. The lowest BCUT2D eigenvalue weighted by Crippen LogP contribution is -2.41. The van der Waals surface area contributed by atoms with Crippen LogP contribution < -0.4 is 10.1 Å². The number of anilines is 1. The first-order chi connectivity index (χ1) is 12.5. The van der Waals surface area contributed by atoms with Crippen molar-refractivity contribution >= 4 is 29.2 Å². The molecule has 1 aromatic carbocycles. The number of rotatable bonds is 4. The van der Waals surface area contributed by atoms with Crippen molar-refractivity contribution < 1.29 is 14.3 Å². The van der Waals surface area contributed by atoms with Crippen molar-refractivity contribution in [2.24, 2.45) is 0 Å². The van der Waals surface area contributed by atoms with Crippen molar-refractivity contribution in [2.75, 3.05) is 18.4 Å². The van der Waals surface area contributed by atoms with Crippen molar-refractivity contribution in [1.82, 2.24) is 9.88 Å². The Morgan fingerprint density at radius 2 is 1.85 bits per heavy atom. The Kier molecular flexibility index (Phi) is 5.73. The number of hydrogen-bond acceptors (Lipinski definition) is 4. The molecule has 0 bridgehead atoms. The van der Waals surface area contributed by atoms with Crippen LogP contribution in [0.15, 0.2) is 42.6 Å². The highest BCUT2D eigenvalue weighted by molar-refractivity contribution is 6.30. The molecule has 0 spiro atoms. The summed E-state index contributed by atoms with van der Waals surface area (Å²) in [6, 6.07) is 10.6. The van der Waals surface area contributed by atoms with Crippen LogP contribution in [0.5, 0.6) is 5.75 Å². The average Bonchev–Trinajstić information content (AvgIpc) is 2.64.